The van der Waals surface area contributed by atoms with Crippen molar-refractivity contribution in [2.45, 2.75) is 38.3 Å². The molecule has 1 spiro atoms. The molecule has 1 unspecified atom stereocenters. The van der Waals surface area contributed by atoms with Gasteiger partial charge in [-0.25, -0.2) is 0 Å². The maximum Gasteiger partial charge on any atom is 0.244 e. The summed E-state index contributed by atoms with van der Waals surface area (Å²) < 4.78 is 12.4. The van der Waals surface area contributed by atoms with Crippen molar-refractivity contribution < 1.29 is 19.1 Å². The third-order valence-electron chi connectivity index (χ3n) is 5.18. The average Bonchev–Trinajstić information content (AvgIpc) is 3.21. The van der Waals surface area contributed by atoms with E-state index in [4.69, 9.17) is 9.47 Å². The summed E-state index contributed by atoms with van der Waals surface area (Å²) in [7, 11) is 1.66. The second-order valence-corrected chi connectivity index (χ2v) is 7.20. The SMILES string of the molecule is COCCCN1C(=O)CCN(C(=O)Cn2cc(C)cn2)CC12CCOC2. The molecule has 2 aliphatic rings. The van der Waals surface area contributed by atoms with Gasteiger partial charge in [-0.05, 0) is 25.3 Å². The molecule has 2 fully saturated rings. The lowest BCUT2D eigenvalue weighted by Gasteiger charge is -2.40. The van der Waals surface area contributed by atoms with Crippen molar-refractivity contribution in [3.05, 3.63) is 18.0 Å². The van der Waals surface area contributed by atoms with Crippen molar-refractivity contribution in [1.82, 2.24) is 19.6 Å². The fraction of sp³-hybridized carbons (Fsp3) is 0.722. The van der Waals surface area contributed by atoms with E-state index in [2.05, 4.69) is 5.10 Å². The van der Waals surface area contributed by atoms with Gasteiger partial charge in [0.25, 0.3) is 0 Å². The Bertz CT molecular complexity index is 639. The molecule has 144 valence electrons. The Morgan fingerprint density at radius 3 is 2.96 bits per heavy atom. The number of carbonyl (C=O) groups excluding carboxylic acids is 2. The van der Waals surface area contributed by atoms with Crippen molar-refractivity contribution in [1.29, 1.82) is 0 Å². The summed E-state index contributed by atoms with van der Waals surface area (Å²) in [4.78, 5) is 29.3. The number of carbonyl (C=O) groups is 2. The minimum absolute atomic E-state index is 0.00841. The van der Waals surface area contributed by atoms with Crippen LogP contribution in [0.25, 0.3) is 0 Å². The first-order valence-electron chi connectivity index (χ1n) is 9.18. The van der Waals surface area contributed by atoms with Crippen LogP contribution in [-0.2, 0) is 25.6 Å². The molecule has 3 heterocycles. The Balaban J connectivity index is 1.73. The van der Waals surface area contributed by atoms with E-state index in [1.54, 1.807) is 22.9 Å². The van der Waals surface area contributed by atoms with Crippen LogP contribution >= 0.6 is 0 Å². The summed E-state index contributed by atoms with van der Waals surface area (Å²) >= 11 is 0. The zero-order chi connectivity index (χ0) is 18.6. The summed E-state index contributed by atoms with van der Waals surface area (Å²) in [5, 5.41) is 4.20. The third kappa shape index (κ3) is 4.07. The van der Waals surface area contributed by atoms with Gasteiger partial charge in [0.05, 0.1) is 18.3 Å². The first kappa shape index (κ1) is 18.8. The quantitative estimate of drug-likeness (QED) is 0.685. The number of aryl methyl sites for hydroxylation is 1. The van der Waals surface area contributed by atoms with E-state index in [1.807, 2.05) is 18.0 Å². The van der Waals surface area contributed by atoms with E-state index >= 15 is 0 Å². The Morgan fingerprint density at radius 2 is 2.31 bits per heavy atom. The highest BCUT2D eigenvalue weighted by atomic mass is 16.5. The van der Waals surface area contributed by atoms with E-state index < -0.39 is 5.54 Å². The van der Waals surface area contributed by atoms with E-state index in [1.165, 1.54) is 0 Å². The van der Waals surface area contributed by atoms with Crippen LogP contribution in [0.1, 0.15) is 24.8 Å². The van der Waals surface area contributed by atoms with Gasteiger partial charge in [-0.3, -0.25) is 14.3 Å². The van der Waals surface area contributed by atoms with Crippen LogP contribution in [0, 0.1) is 6.92 Å². The van der Waals surface area contributed by atoms with Crippen LogP contribution in [0.5, 0.6) is 0 Å². The van der Waals surface area contributed by atoms with Crippen molar-refractivity contribution >= 4 is 11.8 Å². The maximum absolute atomic E-state index is 12.8. The molecule has 0 N–H and O–H groups in total. The summed E-state index contributed by atoms with van der Waals surface area (Å²) in [6, 6.07) is 0. The topological polar surface area (TPSA) is 76.9 Å². The largest absolute Gasteiger partial charge is 0.385 e. The molecule has 0 aromatic carbocycles. The molecular weight excluding hydrogens is 336 g/mol. The number of amides is 2. The standard InChI is InChI=1S/C18H28N4O4/c1-15-10-19-21(11-15)12-17(24)20-7-4-16(23)22(6-3-8-25-2)18(13-20)5-9-26-14-18/h10-11H,3-9,12-14H2,1-2H3. The predicted molar refractivity (Wildman–Crippen MR) is 94.5 cm³/mol. The van der Waals surface area contributed by atoms with E-state index in [9.17, 15) is 9.59 Å². The van der Waals surface area contributed by atoms with Gasteiger partial charge in [-0.15, -0.1) is 0 Å². The average molecular weight is 364 g/mol. The molecule has 2 saturated heterocycles. The normalized spacial score (nSPS) is 23.7. The van der Waals surface area contributed by atoms with Crippen molar-refractivity contribution in [2.75, 3.05) is 46.6 Å². The molecule has 8 heteroatoms. The molecule has 0 radical (unpaired) electrons. The summed E-state index contributed by atoms with van der Waals surface area (Å²) in [6.45, 7) is 5.46. The minimum atomic E-state index is -0.420. The molecule has 0 bridgehead atoms. The first-order chi connectivity index (χ1) is 12.5. The lowest BCUT2D eigenvalue weighted by atomic mass is 9.95. The molecule has 2 amide bonds. The molecule has 3 rings (SSSR count). The van der Waals surface area contributed by atoms with Gasteiger partial charge in [-0.1, -0.05) is 0 Å². The Kier molecular flexibility index (Phi) is 5.93. The lowest BCUT2D eigenvalue weighted by Crippen LogP contribution is -2.57. The molecule has 8 nitrogen and oxygen atoms in total. The number of ether oxygens (including phenoxy) is 2. The number of hydrogen-bond donors (Lipinski definition) is 0. The second kappa shape index (κ2) is 8.18. The second-order valence-electron chi connectivity index (χ2n) is 7.20. The highest BCUT2D eigenvalue weighted by Crippen LogP contribution is 2.31. The number of methoxy groups -OCH3 is 1. The van der Waals surface area contributed by atoms with E-state index in [-0.39, 0.29) is 18.4 Å². The fourth-order valence-corrected chi connectivity index (χ4v) is 3.82. The molecule has 0 aliphatic carbocycles. The zero-order valence-electron chi connectivity index (χ0n) is 15.6. The molecule has 2 aliphatic heterocycles. The van der Waals surface area contributed by atoms with E-state index in [0.29, 0.717) is 45.9 Å². The molecule has 1 aromatic heterocycles. The molecule has 1 atom stereocenters. The van der Waals surface area contributed by atoms with Crippen molar-refractivity contribution in [3.63, 3.8) is 0 Å². The Hall–Kier alpha value is -1.93. The molecule has 26 heavy (non-hydrogen) atoms. The van der Waals surface area contributed by atoms with Crippen LogP contribution < -0.4 is 0 Å². The minimum Gasteiger partial charge on any atom is -0.385 e. The van der Waals surface area contributed by atoms with Gasteiger partial charge in [0.1, 0.15) is 6.54 Å². The number of nitrogens with zero attached hydrogens (tertiary/aromatic N) is 4. The zero-order valence-corrected chi connectivity index (χ0v) is 15.6. The fourth-order valence-electron chi connectivity index (χ4n) is 3.82. The predicted octanol–water partition coefficient (Wildman–Crippen LogP) is 0.448. The number of hydrogen-bond acceptors (Lipinski definition) is 5. The van der Waals surface area contributed by atoms with Crippen LogP contribution in [0.4, 0.5) is 0 Å². The molecule has 0 saturated carbocycles. The summed E-state index contributed by atoms with van der Waals surface area (Å²) in [5.41, 5.74) is 0.602. The monoisotopic (exact) mass is 364 g/mol. The van der Waals surface area contributed by atoms with E-state index in [0.717, 1.165) is 18.4 Å². The first-order valence-corrected chi connectivity index (χ1v) is 9.18. The van der Waals surface area contributed by atoms with Gasteiger partial charge in [-0.2, -0.15) is 5.10 Å². The van der Waals surface area contributed by atoms with Gasteiger partial charge in [0.15, 0.2) is 0 Å². The number of rotatable bonds is 6. The highest BCUT2D eigenvalue weighted by molar-refractivity contribution is 5.81. The van der Waals surface area contributed by atoms with Crippen LogP contribution in [0.3, 0.4) is 0 Å². The smallest absolute Gasteiger partial charge is 0.244 e. The van der Waals surface area contributed by atoms with Crippen LogP contribution in [-0.4, -0.2) is 83.5 Å². The molecule has 1 aromatic rings. The highest BCUT2D eigenvalue weighted by Gasteiger charge is 2.46. The van der Waals surface area contributed by atoms with Crippen LogP contribution in [0.2, 0.25) is 0 Å². The third-order valence-corrected chi connectivity index (χ3v) is 5.18. The van der Waals surface area contributed by atoms with Crippen molar-refractivity contribution in [2.24, 2.45) is 0 Å². The van der Waals surface area contributed by atoms with Crippen molar-refractivity contribution in [3.8, 4) is 0 Å². The van der Waals surface area contributed by atoms with Gasteiger partial charge < -0.3 is 19.3 Å². The van der Waals surface area contributed by atoms with Gasteiger partial charge >= 0.3 is 0 Å². The summed E-state index contributed by atoms with van der Waals surface area (Å²) in [6.07, 6.45) is 5.48. The number of aromatic nitrogens is 2. The van der Waals surface area contributed by atoms with Gasteiger partial charge in [0, 0.05) is 52.6 Å². The lowest BCUT2D eigenvalue weighted by molar-refractivity contribution is -0.138. The maximum atomic E-state index is 12.8. The Morgan fingerprint density at radius 1 is 1.46 bits per heavy atom. The molecular formula is C18H28N4O4. The summed E-state index contributed by atoms with van der Waals surface area (Å²) in [5.74, 6) is 0.0859. The van der Waals surface area contributed by atoms with Gasteiger partial charge in [0.2, 0.25) is 11.8 Å². The van der Waals surface area contributed by atoms with Crippen LogP contribution in [0.15, 0.2) is 12.4 Å². The Labute approximate surface area is 154 Å².